The molecule has 0 aliphatic heterocycles. The fourth-order valence-electron chi connectivity index (χ4n) is 1.47. The summed E-state index contributed by atoms with van der Waals surface area (Å²) in [5.41, 5.74) is 0.991. The maximum Gasteiger partial charge on any atom is 0.0991 e. The summed E-state index contributed by atoms with van der Waals surface area (Å²) >= 11 is 19.6. The second-order valence-electron chi connectivity index (χ2n) is 3.60. The molecule has 1 atom stereocenters. The summed E-state index contributed by atoms with van der Waals surface area (Å²) in [6, 6.07) is 1.88. The molecule has 1 unspecified atom stereocenters. The zero-order valence-electron chi connectivity index (χ0n) is 8.73. The van der Waals surface area contributed by atoms with E-state index in [1.165, 1.54) is 30.6 Å². The van der Waals surface area contributed by atoms with Crippen molar-refractivity contribution in [3.8, 4) is 0 Å². The van der Waals surface area contributed by atoms with Crippen LogP contribution in [0.1, 0.15) is 50.0 Å². The van der Waals surface area contributed by atoms with Crippen molar-refractivity contribution in [2.24, 2.45) is 0 Å². The monoisotopic (exact) mass is 284 g/mol. The van der Waals surface area contributed by atoms with E-state index in [9.17, 15) is 0 Å². The normalized spacial score (nSPS) is 13.1. The fraction of sp³-hybridized carbons (Fsp3) is 0.636. The van der Waals surface area contributed by atoms with E-state index in [1.807, 2.05) is 6.07 Å². The lowest BCUT2D eigenvalue weighted by atomic mass is 10.1. The van der Waals surface area contributed by atoms with Crippen LogP contribution in [0.2, 0.25) is 8.67 Å². The van der Waals surface area contributed by atoms with E-state index in [0.29, 0.717) is 4.34 Å². The predicted molar refractivity (Wildman–Crippen MR) is 71.7 cm³/mol. The second-order valence-corrected chi connectivity index (χ2v) is 6.41. The molecule has 0 saturated heterocycles. The molecule has 1 rings (SSSR count). The van der Waals surface area contributed by atoms with E-state index < -0.39 is 0 Å². The van der Waals surface area contributed by atoms with Gasteiger partial charge in [0.1, 0.15) is 0 Å². The second kappa shape index (κ2) is 7.01. The highest BCUT2D eigenvalue weighted by molar-refractivity contribution is 7.20. The molecule has 0 radical (unpaired) electrons. The lowest BCUT2D eigenvalue weighted by Gasteiger charge is -2.07. The van der Waals surface area contributed by atoms with Crippen molar-refractivity contribution in [2.45, 2.75) is 44.4 Å². The molecular formula is C11H15Cl3S. The topological polar surface area (TPSA) is 0 Å². The van der Waals surface area contributed by atoms with Crippen molar-refractivity contribution in [2.75, 3.05) is 0 Å². The van der Waals surface area contributed by atoms with Gasteiger partial charge in [0.15, 0.2) is 0 Å². The SMILES string of the molecule is CCCCCCC(Cl)c1cc(Cl)sc1Cl. The molecular weight excluding hydrogens is 271 g/mol. The summed E-state index contributed by atoms with van der Waals surface area (Å²) < 4.78 is 1.45. The maximum atomic E-state index is 6.27. The zero-order chi connectivity index (χ0) is 11.3. The highest BCUT2D eigenvalue weighted by Crippen LogP contribution is 2.39. The Balaban J connectivity index is 2.39. The van der Waals surface area contributed by atoms with Crippen LogP contribution in [-0.4, -0.2) is 0 Å². The third-order valence-corrected chi connectivity index (χ3v) is 4.30. The zero-order valence-corrected chi connectivity index (χ0v) is 11.8. The summed E-state index contributed by atoms with van der Waals surface area (Å²) in [7, 11) is 0. The molecule has 0 saturated carbocycles. The molecule has 1 heterocycles. The fourth-order valence-corrected chi connectivity index (χ4v) is 3.50. The molecule has 0 aliphatic rings. The first kappa shape index (κ1) is 13.6. The highest BCUT2D eigenvalue weighted by atomic mass is 35.5. The van der Waals surface area contributed by atoms with Crippen molar-refractivity contribution >= 4 is 46.1 Å². The summed E-state index contributed by atoms with van der Waals surface area (Å²) in [6.07, 6.45) is 5.91. The van der Waals surface area contributed by atoms with Crippen LogP contribution < -0.4 is 0 Å². The number of thiophene rings is 1. The Kier molecular flexibility index (Phi) is 6.37. The summed E-state index contributed by atoms with van der Waals surface area (Å²) in [4.78, 5) is 0. The molecule has 86 valence electrons. The van der Waals surface area contributed by atoms with Gasteiger partial charge in [-0.15, -0.1) is 22.9 Å². The van der Waals surface area contributed by atoms with E-state index in [0.717, 1.165) is 22.7 Å². The van der Waals surface area contributed by atoms with Gasteiger partial charge >= 0.3 is 0 Å². The van der Waals surface area contributed by atoms with Gasteiger partial charge in [0, 0.05) is 5.56 Å². The number of unbranched alkanes of at least 4 members (excludes halogenated alkanes) is 3. The van der Waals surface area contributed by atoms with E-state index >= 15 is 0 Å². The van der Waals surface area contributed by atoms with Gasteiger partial charge in [0.2, 0.25) is 0 Å². The Labute approximate surface area is 111 Å². The Hall–Kier alpha value is 0.570. The van der Waals surface area contributed by atoms with Crippen LogP contribution in [0.25, 0.3) is 0 Å². The van der Waals surface area contributed by atoms with Crippen molar-refractivity contribution in [3.63, 3.8) is 0 Å². The average molecular weight is 286 g/mol. The summed E-state index contributed by atoms with van der Waals surface area (Å²) in [5, 5.41) is 0.0121. The first-order valence-electron chi connectivity index (χ1n) is 5.24. The van der Waals surface area contributed by atoms with Crippen LogP contribution in [0.4, 0.5) is 0 Å². The first-order valence-corrected chi connectivity index (χ1v) is 7.24. The van der Waals surface area contributed by atoms with Gasteiger partial charge in [-0.25, -0.2) is 0 Å². The minimum atomic E-state index is 0.0121. The van der Waals surface area contributed by atoms with Gasteiger partial charge < -0.3 is 0 Å². The van der Waals surface area contributed by atoms with Crippen LogP contribution in [0.15, 0.2) is 6.07 Å². The molecule has 0 bridgehead atoms. The molecule has 0 aliphatic carbocycles. The number of hydrogen-bond acceptors (Lipinski definition) is 1. The Bertz CT molecular complexity index is 296. The van der Waals surface area contributed by atoms with Crippen LogP contribution >= 0.6 is 46.1 Å². The minimum Gasteiger partial charge on any atom is -0.118 e. The summed E-state index contributed by atoms with van der Waals surface area (Å²) in [5.74, 6) is 0. The predicted octanol–water partition coefficient (Wildman–Crippen LogP) is 6.31. The van der Waals surface area contributed by atoms with E-state index in [2.05, 4.69) is 6.92 Å². The van der Waals surface area contributed by atoms with Gasteiger partial charge in [-0.3, -0.25) is 0 Å². The van der Waals surface area contributed by atoms with Crippen LogP contribution in [0.3, 0.4) is 0 Å². The third-order valence-electron chi connectivity index (χ3n) is 2.33. The van der Waals surface area contributed by atoms with Crippen LogP contribution in [0.5, 0.6) is 0 Å². The standard InChI is InChI=1S/C11H15Cl3S/c1-2-3-4-5-6-9(12)8-7-10(13)15-11(8)14/h7,9H,2-6H2,1H3. The molecule has 0 N–H and O–H groups in total. The molecule has 0 fully saturated rings. The van der Waals surface area contributed by atoms with E-state index in [4.69, 9.17) is 34.8 Å². The van der Waals surface area contributed by atoms with Crippen molar-refractivity contribution in [1.29, 1.82) is 0 Å². The van der Waals surface area contributed by atoms with Gasteiger partial charge in [0.05, 0.1) is 14.0 Å². The maximum absolute atomic E-state index is 6.27. The number of alkyl halides is 1. The van der Waals surface area contributed by atoms with Crippen LogP contribution in [0, 0.1) is 0 Å². The highest BCUT2D eigenvalue weighted by Gasteiger charge is 2.14. The summed E-state index contributed by atoms with van der Waals surface area (Å²) in [6.45, 7) is 2.20. The third kappa shape index (κ3) is 4.52. The average Bonchev–Trinajstić information content (AvgIpc) is 2.52. The number of rotatable bonds is 6. The Morgan fingerprint density at radius 1 is 1.27 bits per heavy atom. The van der Waals surface area contributed by atoms with Gasteiger partial charge in [-0.1, -0.05) is 55.8 Å². The Morgan fingerprint density at radius 2 is 2.00 bits per heavy atom. The van der Waals surface area contributed by atoms with Crippen molar-refractivity contribution < 1.29 is 0 Å². The molecule has 4 heteroatoms. The lowest BCUT2D eigenvalue weighted by molar-refractivity contribution is 0.624. The molecule has 1 aromatic rings. The quantitative estimate of drug-likeness (QED) is 0.424. The molecule has 0 spiro atoms. The lowest BCUT2D eigenvalue weighted by Crippen LogP contribution is -1.89. The van der Waals surface area contributed by atoms with Crippen molar-refractivity contribution in [3.05, 3.63) is 20.3 Å². The smallest absolute Gasteiger partial charge is 0.0991 e. The number of halogens is 3. The van der Waals surface area contributed by atoms with E-state index in [1.54, 1.807) is 0 Å². The van der Waals surface area contributed by atoms with E-state index in [-0.39, 0.29) is 5.38 Å². The molecule has 0 amide bonds. The van der Waals surface area contributed by atoms with Crippen LogP contribution in [-0.2, 0) is 0 Å². The van der Waals surface area contributed by atoms with Gasteiger partial charge in [-0.05, 0) is 12.5 Å². The largest absolute Gasteiger partial charge is 0.118 e. The number of hydrogen-bond donors (Lipinski definition) is 0. The molecule has 0 aromatic carbocycles. The van der Waals surface area contributed by atoms with Crippen molar-refractivity contribution in [1.82, 2.24) is 0 Å². The van der Waals surface area contributed by atoms with Gasteiger partial charge in [0.25, 0.3) is 0 Å². The molecule has 15 heavy (non-hydrogen) atoms. The minimum absolute atomic E-state index is 0.0121. The molecule has 1 aromatic heterocycles. The Morgan fingerprint density at radius 3 is 2.53 bits per heavy atom. The molecule has 0 nitrogen and oxygen atoms in total. The first-order chi connectivity index (χ1) is 7.15. The van der Waals surface area contributed by atoms with Gasteiger partial charge in [-0.2, -0.15) is 0 Å².